The average molecular weight is 213 g/mol. The molecular formula is C14H15NO. The molecule has 1 aliphatic carbocycles. The third-order valence-electron chi connectivity index (χ3n) is 3.55. The van der Waals surface area contributed by atoms with Gasteiger partial charge in [0.25, 0.3) is 0 Å². The van der Waals surface area contributed by atoms with Crippen LogP contribution in [0.5, 0.6) is 0 Å². The van der Waals surface area contributed by atoms with Crippen LogP contribution in [0.1, 0.15) is 30.5 Å². The van der Waals surface area contributed by atoms with Gasteiger partial charge >= 0.3 is 0 Å². The van der Waals surface area contributed by atoms with E-state index >= 15 is 0 Å². The molecule has 0 saturated heterocycles. The minimum absolute atomic E-state index is 0.570. The minimum Gasteiger partial charge on any atom is -0.385 e. The van der Waals surface area contributed by atoms with Crippen molar-refractivity contribution in [2.45, 2.75) is 31.8 Å². The zero-order valence-electron chi connectivity index (χ0n) is 9.40. The maximum atomic E-state index is 10.3. The van der Waals surface area contributed by atoms with Crippen molar-refractivity contribution >= 4 is 10.9 Å². The van der Waals surface area contributed by atoms with Crippen molar-refractivity contribution in [3.05, 3.63) is 41.6 Å². The summed E-state index contributed by atoms with van der Waals surface area (Å²) in [6.07, 6.45) is 2.90. The van der Waals surface area contributed by atoms with E-state index in [0.29, 0.717) is 0 Å². The van der Waals surface area contributed by atoms with E-state index in [1.807, 2.05) is 25.1 Å². The molecule has 0 aliphatic heterocycles. The molecule has 2 heteroatoms. The van der Waals surface area contributed by atoms with Crippen molar-refractivity contribution in [3.8, 4) is 0 Å². The first-order valence-electron chi connectivity index (χ1n) is 5.78. The third kappa shape index (κ3) is 1.41. The molecule has 2 nitrogen and oxygen atoms in total. The predicted molar refractivity (Wildman–Crippen MR) is 64.2 cm³/mol. The molecule has 0 unspecified atom stereocenters. The summed E-state index contributed by atoms with van der Waals surface area (Å²) in [5.74, 6) is 0. The van der Waals surface area contributed by atoms with Gasteiger partial charge in [-0.05, 0) is 49.9 Å². The van der Waals surface area contributed by atoms with Gasteiger partial charge in [-0.25, -0.2) is 0 Å². The van der Waals surface area contributed by atoms with E-state index < -0.39 is 5.60 Å². The van der Waals surface area contributed by atoms with Gasteiger partial charge in [0.1, 0.15) is 0 Å². The fraction of sp³-hybridized carbons (Fsp3) is 0.357. The second-order valence-corrected chi connectivity index (χ2v) is 4.75. The number of fused-ring (bicyclic) bond motifs is 1. The lowest BCUT2D eigenvalue weighted by atomic mass is 9.75. The Balaban J connectivity index is 2.12. The van der Waals surface area contributed by atoms with E-state index in [-0.39, 0.29) is 0 Å². The predicted octanol–water partition coefficient (Wildman–Crippen LogP) is 2.91. The van der Waals surface area contributed by atoms with Gasteiger partial charge in [0.05, 0.1) is 11.1 Å². The maximum Gasteiger partial charge on any atom is 0.0896 e. The molecule has 1 fully saturated rings. The van der Waals surface area contributed by atoms with E-state index in [4.69, 9.17) is 0 Å². The largest absolute Gasteiger partial charge is 0.385 e. The van der Waals surface area contributed by atoms with Crippen molar-refractivity contribution in [2.75, 3.05) is 0 Å². The van der Waals surface area contributed by atoms with Crippen LogP contribution < -0.4 is 0 Å². The van der Waals surface area contributed by atoms with Crippen molar-refractivity contribution in [1.82, 2.24) is 4.98 Å². The standard InChI is InChI=1S/C14H15NO/c1-10-3-4-11-9-12(5-6-13(11)15-10)14(16)7-2-8-14/h3-6,9,16H,2,7-8H2,1H3. The van der Waals surface area contributed by atoms with Crippen LogP contribution in [0.25, 0.3) is 10.9 Å². The molecule has 0 bridgehead atoms. The van der Waals surface area contributed by atoms with Crippen molar-refractivity contribution in [1.29, 1.82) is 0 Å². The Labute approximate surface area is 94.9 Å². The van der Waals surface area contributed by atoms with Crippen LogP contribution in [-0.2, 0) is 5.60 Å². The summed E-state index contributed by atoms with van der Waals surface area (Å²) < 4.78 is 0. The van der Waals surface area contributed by atoms with Gasteiger partial charge in [-0.2, -0.15) is 0 Å². The van der Waals surface area contributed by atoms with Crippen LogP contribution in [0.2, 0.25) is 0 Å². The molecule has 1 N–H and O–H groups in total. The molecule has 3 rings (SSSR count). The molecule has 1 saturated carbocycles. The number of rotatable bonds is 1. The second kappa shape index (κ2) is 3.29. The lowest BCUT2D eigenvalue weighted by molar-refractivity contribution is -0.0386. The smallest absolute Gasteiger partial charge is 0.0896 e. The Bertz CT molecular complexity index is 543. The Kier molecular flexibility index (Phi) is 2.01. The fourth-order valence-electron chi connectivity index (χ4n) is 2.32. The normalized spacial score (nSPS) is 18.4. The zero-order valence-corrected chi connectivity index (χ0v) is 9.40. The van der Waals surface area contributed by atoms with Crippen LogP contribution in [0.4, 0.5) is 0 Å². The van der Waals surface area contributed by atoms with Gasteiger partial charge in [-0.1, -0.05) is 12.1 Å². The monoisotopic (exact) mass is 213 g/mol. The highest BCUT2D eigenvalue weighted by atomic mass is 16.3. The Morgan fingerprint density at radius 3 is 2.69 bits per heavy atom. The third-order valence-corrected chi connectivity index (χ3v) is 3.55. The Hall–Kier alpha value is -1.41. The average Bonchev–Trinajstić information content (AvgIpc) is 2.25. The van der Waals surface area contributed by atoms with Crippen molar-refractivity contribution in [2.24, 2.45) is 0 Å². The van der Waals surface area contributed by atoms with E-state index in [2.05, 4.69) is 17.1 Å². The summed E-state index contributed by atoms with van der Waals surface area (Å²) in [5.41, 5.74) is 2.50. The van der Waals surface area contributed by atoms with E-state index in [1.54, 1.807) is 0 Å². The topological polar surface area (TPSA) is 33.1 Å². The second-order valence-electron chi connectivity index (χ2n) is 4.75. The summed E-state index contributed by atoms with van der Waals surface area (Å²) in [5, 5.41) is 11.4. The summed E-state index contributed by atoms with van der Waals surface area (Å²) in [6.45, 7) is 1.99. The van der Waals surface area contributed by atoms with E-state index in [0.717, 1.165) is 41.4 Å². The van der Waals surface area contributed by atoms with Gasteiger partial charge in [-0.3, -0.25) is 4.98 Å². The molecule has 82 valence electrons. The number of aryl methyl sites for hydroxylation is 1. The fourth-order valence-corrected chi connectivity index (χ4v) is 2.32. The first-order valence-corrected chi connectivity index (χ1v) is 5.78. The number of pyridine rings is 1. The minimum atomic E-state index is -0.570. The van der Waals surface area contributed by atoms with E-state index in [1.165, 1.54) is 0 Å². The first kappa shape index (κ1) is 9.79. The molecule has 2 aromatic rings. The molecule has 1 aromatic heterocycles. The Morgan fingerprint density at radius 2 is 2.00 bits per heavy atom. The van der Waals surface area contributed by atoms with Crippen LogP contribution in [0, 0.1) is 6.92 Å². The van der Waals surface area contributed by atoms with Crippen LogP contribution >= 0.6 is 0 Å². The number of hydrogen-bond donors (Lipinski definition) is 1. The highest BCUT2D eigenvalue weighted by molar-refractivity contribution is 5.79. The first-order chi connectivity index (χ1) is 7.67. The van der Waals surface area contributed by atoms with Crippen molar-refractivity contribution < 1.29 is 5.11 Å². The van der Waals surface area contributed by atoms with Gasteiger partial charge in [0, 0.05) is 11.1 Å². The number of hydrogen-bond acceptors (Lipinski definition) is 2. The lowest BCUT2D eigenvalue weighted by Gasteiger charge is -2.37. The Morgan fingerprint density at radius 1 is 1.19 bits per heavy atom. The van der Waals surface area contributed by atoms with Crippen LogP contribution in [-0.4, -0.2) is 10.1 Å². The maximum absolute atomic E-state index is 10.3. The van der Waals surface area contributed by atoms with Gasteiger partial charge in [-0.15, -0.1) is 0 Å². The molecule has 0 amide bonds. The number of aliphatic hydroxyl groups is 1. The molecule has 16 heavy (non-hydrogen) atoms. The van der Waals surface area contributed by atoms with Crippen LogP contribution in [0.15, 0.2) is 30.3 Å². The summed E-state index contributed by atoms with van der Waals surface area (Å²) in [4.78, 5) is 4.46. The molecular weight excluding hydrogens is 198 g/mol. The quantitative estimate of drug-likeness (QED) is 0.790. The summed E-state index contributed by atoms with van der Waals surface area (Å²) in [7, 11) is 0. The number of nitrogens with zero attached hydrogens (tertiary/aromatic N) is 1. The molecule has 0 radical (unpaired) electrons. The summed E-state index contributed by atoms with van der Waals surface area (Å²) in [6, 6.07) is 10.2. The molecule has 0 atom stereocenters. The lowest BCUT2D eigenvalue weighted by Crippen LogP contribution is -2.33. The van der Waals surface area contributed by atoms with Gasteiger partial charge in [0.2, 0.25) is 0 Å². The SMILES string of the molecule is Cc1ccc2cc(C3(O)CCC3)ccc2n1. The molecule has 1 aromatic carbocycles. The molecule has 1 heterocycles. The summed E-state index contributed by atoms with van der Waals surface area (Å²) >= 11 is 0. The number of benzene rings is 1. The zero-order chi connectivity index (χ0) is 11.2. The van der Waals surface area contributed by atoms with Gasteiger partial charge in [0.15, 0.2) is 0 Å². The van der Waals surface area contributed by atoms with Crippen LogP contribution in [0.3, 0.4) is 0 Å². The molecule has 0 spiro atoms. The van der Waals surface area contributed by atoms with Gasteiger partial charge < -0.3 is 5.11 Å². The highest BCUT2D eigenvalue weighted by Gasteiger charge is 2.36. The van der Waals surface area contributed by atoms with Crippen molar-refractivity contribution in [3.63, 3.8) is 0 Å². The highest BCUT2D eigenvalue weighted by Crippen LogP contribution is 2.41. The van der Waals surface area contributed by atoms with E-state index in [9.17, 15) is 5.11 Å². The number of aromatic nitrogens is 1. The molecule has 1 aliphatic rings.